The Labute approximate surface area is 115 Å². The number of rotatable bonds is 3. The molecule has 1 atom stereocenters. The second-order valence-corrected chi connectivity index (χ2v) is 5.59. The number of nitrogens with two attached hydrogens (primary N) is 1. The molecular weight excluding hydrogens is 272 g/mol. The van der Waals surface area contributed by atoms with Crippen molar-refractivity contribution in [1.82, 2.24) is 0 Å². The topological polar surface area (TPSA) is 43.1 Å². The summed E-state index contributed by atoms with van der Waals surface area (Å²) >= 11 is 5.78. The van der Waals surface area contributed by atoms with Gasteiger partial charge in [-0.1, -0.05) is 11.6 Å². The number of hydrogen-bond donors (Lipinski definition) is 1. The molecule has 1 aliphatic carbocycles. The molecule has 1 aliphatic rings. The highest BCUT2D eigenvalue weighted by Crippen LogP contribution is 2.38. The maximum Gasteiger partial charge on any atom is 0.248 e. The molecule has 2 N–H and O–H groups in total. The fourth-order valence-electron chi connectivity index (χ4n) is 2.55. The van der Waals surface area contributed by atoms with E-state index in [1.165, 1.54) is 6.07 Å². The average Bonchev–Trinajstić information content (AvgIpc) is 2.31. The monoisotopic (exact) mass is 287 g/mol. The van der Waals surface area contributed by atoms with Crippen molar-refractivity contribution in [2.75, 3.05) is 5.73 Å². The first-order chi connectivity index (χ1) is 8.87. The summed E-state index contributed by atoms with van der Waals surface area (Å²) in [6, 6.07) is 4.65. The zero-order valence-corrected chi connectivity index (χ0v) is 11.2. The number of hydrogen-bond acceptors (Lipinski definition) is 2. The predicted octanol–water partition coefficient (Wildman–Crippen LogP) is 4.32. The first-order valence-corrected chi connectivity index (χ1v) is 6.71. The third-order valence-corrected chi connectivity index (χ3v) is 3.88. The zero-order chi connectivity index (χ0) is 14.0. The number of nitrogen functional groups attached to an aromatic ring is 1. The molecule has 5 heteroatoms. The van der Waals surface area contributed by atoms with Gasteiger partial charge in [0.05, 0.1) is 10.7 Å². The van der Waals surface area contributed by atoms with Crippen LogP contribution in [0.5, 0.6) is 0 Å². The van der Waals surface area contributed by atoms with Crippen LogP contribution in [-0.2, 0) is 0 Å². The van der Waals surface area contributed by atoms with Gasteiger partial charge in [0.15, 0.2) is 5.78 Å². The zero-order valence-electron chi connectivity index (χ0n) is 10.5. The molecule has 2 nitrogen and oxygen atoms in total. The summed E-state index contributed by atoms with van der Waals surface area (Å²) in [6.07, 6.45) is 1.06. The van der Waals surface area contributed by atoms with E-state index >= 15 is 0 Å². The molecule has 0 radical (unpaired) electrons. The lowest BCUT2D eigenvalue weighted by atomic mass is 9.82. The van der Waals surface area contributed by atoms with Crippen LogP contribution in [0.3, 0.4) is 0 Å². The van der Waals surface area contributed by atoms with Crippen molar-refractivity contribution in [2.45, 2.75) is 38.0 Å². The largest absolute Gasteiger partial charge is 0.398 e. The van der Waals surface area contributed by atoms with Gasteiger partial charge in [-0.2, -0.15) is 0 Å². The van der Waals surface area contributed by atoms with Crippen LogP contribution in [0.15, 0.2) is 18.2 Å². The molecule has 1 fully saturated rings. The van der Waals surface area contributed by atoms with Crippen LogP contribution in [0.1, 0.15) is 42.5 Å². The van der Waals surface area contributed by atoms with Crippen LogP contribution < -0.4 is 5.73 Å². The SMILES string of the molecule is Nc1cc(C(=O)CC2CCCC(F)(F)C2)ccc1Cl. The van der Waals surface area contributed by atoms with E-state index < -0.39 is 5.92 Å². The number of halogens is 3. The van der Waals surface area contributed by atoms with Crippen molar-refractivity contribution in [3.63, 3.8) is 0 Å². The summed E-state index contributed by atoms with van der Waals surface area (Å²) in [4.78, 5) is 12.0. The van der Waals surface area contributed by atoms with Crippen LogP contribution >= 0.6 is 11.6 Å². The molecule has 1 aromatic rings. The number of alkyl halides is 2. The normalized spacial score (nSPS) is 22.2. The van der Waals surface area contributed by atoms with E-state index in [1.807, 2.05) is 0 Å². The van der Waals surface area contributed by atoms with Gasteiger partial charge in [-0.15, -0.1) is 0 Å². The number of benzene rings is 1. The van der Waals surface area contributed by atoms with E-state index in [0.29, 0.717) is 29.1 Å². The summed E-state index contributed by atoms with van der Waals surface area (Å²) in [6.45, 7) is 0. The molecule has 0 heterocycles. The third-order valence-electron chi connectivity index (χ3n) is 3.53. The lowest BCUT2D eigenvalue weighted by molar-refractivity contribution is -0.0521. The van der Waals surface area contributed by atoms with E-state index in [4.69, 9.17) is 17.3 Å². The predicted molar refractivity (Wildman–Crippen MR) is 71.7 cm³/mol. The second kappa shape index (κ2) is 5.45. The van der Waals surface area contributed by atoms with Gasteiger partial charge in [0.25, 0.3) is 0 Å². The number of carbonyl (C=O) groups excluding carboxylic acids is 1. The first-order valence-electron chi connectivity index (χ1n) is 6.33. The van der Waals surface area contributed by atoms with Gasteiger partial charge in [-0.05, 0) is 37.0 Å². The summed E-state index contributed by atoms with van der Waals surface area (Å²) in [5.74, 6) is -3.01. The quantitative estimate of drug-likeness (QED) is 0.664. The van der Waals surface area contributed by atoms with Crippen LogP contribution in [-0.4, -0.2) is 11.7 Å². The van der Waals surface area contributed by atoms with Gasteiger partial charge in [-0.3, -0.25) is 4.79 Å². The van der Waals surface area contributed by atoms with Crippen LogP contribution in [0, 0.1) is 5.92 Å². The Hall–Kier alpha value is -1.16. The molecule has 104 valence electrons. The number of ketones is 1. The molecule has 19 heavy (non-hydrogen) atoms. The lowest BCUT2D eigenvalue weighted by Gasteiger charge is -2.28. The fourth-order valence-corrected chi connectivity index (χ4v) is 2.66. The van der Waals surface area contributed by atoms with Gasteiger partial charge in [0.1, 0.15) is 0 Å². The number of carbonyl (C=O) groups is 1. The van der Waals surface area contributed by atoms with Crippen LogP contribution in [0.2, 0.25) is 5.02 Å². The standard InChI is InChI=1S/C14H16ClF2NO/c15-11-4-3-10(7-12(11)18)13(19)6-9-2-1-5-14(16,17)8-9/h3-4,7,9H,1-2,5-6,8,18H2. The van der Waals surface area contributed by atoms with Crippen molar-refractivity contribution >= 4 is 23.1 Å². The maximum absolute atomic E-state index is 13.3. The van der Waals surface area contributed by atoms with E-state index in [0.717, 1.165) is 0 Å². The van der Waals surface area contributed by atoms with E-state index in [9.17, 15) is 13.6 Å². The third kappa shape index (κ3) is 3.66. The van der Waals surface area contributed by atoms with Crippen LogP contribution in [0.4, 0.5) is 14.5 Å². The van der Waals surface area contributed by atoms with Gasteiger partial charge in [0.2, 0.25) is 5.92 Å². The molecule has 1 unspecified atom stereocenters. The van der Waals surface area contributed by atoms with Gasteiger partial charge in [-0.25, -0.2) is 8.78 Å². The van der Waals surface area contributed by atoms with Gasteiger partial charge >= 0.3 is 0 Å². The Kier molecular flexibility index (Phi) is 4.09. The molecular formula is C14H16ClF2NO. The highest BCUT2D eigenvalue weighted by molar-refractivity contribution is 6.33. The summed E-state index contributed by atoms with van der Waals surface area (Å²) in [5, 5.41) is 0.390. The van der Waals surface area contributed by atoms with E-state index in [1.54, 1.807) is 12.1 Å². The van der Waals surface area contributed by atoms with Crippen molar-refractivity contribution in [3.05, 3.63) is 28.8 Å². The van der Waals surface area contributed by atoms with Crippen LogP contribution in [0.25, 0.3) is 0 Å². The highest BCUT2D eigenvalue weighted by Gasteiger charge is 2.36. The minimum atomic E-state index is -2.62. The molecule has 1 aromatic carbocycles. The molecule has 1 saturated carbocycles. The van der Waals surface area contributed by atoms with Gasteiger partial charge < -0.3 is 5.73 Å². The first kappa shape index (κ1) is 14.3. The highest BCUT2D eigenvalue weighted by atomic mass is 35.5. The van der Waals surface area contributed by atoms with E-state index in [2.05, 4.69) is 0 Å². The molecule has 0 saturated heterocycles. The molecule has 0 aromatic heterocycles. The van der Waals surface area contributed by atoms with E-state index in [-0.39, 0.29) is 31.0 Å². The smallest absolute Gasteiger partial charge is 0.248 e. The Bertz CT molecular complexity index is 490. The van der Waals surface area contributed by atoms with Crippen molar-refractivity contribution in [2.24, 2.45) is 5.92 Å². The van der Waals surface area contributed by atoms with Gasteiger partial charge in [0, 0.05) is 24.8 Å². The average molecular weight is 288 g/mol. The molecule has 0 spiro atoms. The Morgan fingerprint density at radius 3 is 2.84 bits per heavy atom. The second-order valence-electron chi connectivity index (χ2n) is 5.18. The summed E-state index contributed by atoms with van der Waals surface area (Å²) in [7, 11) is 0. The Balaban J connectivity index is 2.02. The molecule has 0 amide bonds. The fraction of sp³-hybridized carbons (Fsp3) is 0.500. The van der Waals surface area contributed by atoms with Crippen molar-refractivity contribution < 1.29 is 13.6 Å². The minimum absolute atomic E-state index is 0.0639. The molecule has 2 rings (SSSR count). The summed E-state index contributed by atoms with van der Waals surface area (Å²) in [5.41, 5.74) is 6.41. The lowest BCUT2D eigenvalue weighted by Crippen LogP contribution is -2.27. The van der Waals surface area contributed by atoms with Crippen molar-refractivity contribution in [3.8, 4) is 0 Å². The number of anilines is 1. The maximum atomic E-state index is 13.3. The summed E-state index contributed by atoms with van der Waals surface area (Å²) < 4.78 is 26.6. The number of Topliss-reactive ketones (excluding diaryl/α,β-unsaturated/α-hetero) is 1. The Morgan fingerprint density at radius 2 is 2.21 bits per heavy atom. The molecule has 0 aliphatic heterocycles. The van der Waals surface area contributed by atoms with Crippen molar-refractivity contribution in [1.29, 1.82) is 0 Å². The minimum Gasteiger partial charge on any atom is -0.398 e. The Morgan fingerprint density at radius 1 is 1.47 bits per heavy atom. The molecule has 0 bridgehead atoms.